The Bertz CT molecular complexity index is 422. The average molecular weight is 235 g/mol. The molecule has 1 aromatic heterocycles. The first-order valence-electron chi connectivity index (χ1n) is 5.77. The smallest absolute Gasteiger partial charge is 0.342 e. The molecule has 0 atom stereocenters. The van der Waals surface area contributed by atoms with Gasteiger partial charge in [-0.25, -0.2) is 4.79 Å². The molecule has 1 aromatic rings. The predicted molar refractivity (Wildman–Crippen MR) is 63.8 cm³/mol. The average Bonchev–Trinajstić information content (AvgIpc) is 3.00. The highest BCUT2D eigenvalue weighted by Gasteiger charge is 2.26. The third kappa shape index (κ3) is 3.41. The lowest BCUT2D eigenvalue weighted by Gasteiger charge is -2.20. The van der Waals surface area contributed by atoms with E-state index in [0.717, 1.165) is 12.8 Å². The Hall–Kier alpha value is -1.65. The van der Waals surface area contributed by atoms with Gasteiger partial charge < -0.3 is 10.1 Å². The summed E-state index contributed by atoms with van der Waals surface area (Å²) in [4.78, 5) is 12.0. The van der Waals surface area contributed by atoms with Gasteiger partial charge in [-0.2, -0.15) is 5.10 Å². The number of nitrogens with zero attached hydrogens (tertiary/aromatic N) is 2. The topological polar surface area (TPSA) is 64.1 Å². The molecule has 0 bridgehead atoms. The van der Waals surface area contributed by atoms with Crippen molar-refractivity contribution in [2.45, 2.75) is 45.3 Å². The van der Waals surface area contributed by atoms with E-state index in [-0.39, 0.29) is 5.97 Å². The summed E-state index contributed by atoms with van der Waals surface area (Å²) < 4.78 is 5.32. The van der Waals surface area contributed by atoms with Gasteiger partial charge in [-0.1, -0.05) is 0 Å². The predicted octanol–water partition coefficient (Wildman–Crippen LogP) is 2.01. The fraction of sp³-hybridized carbons (Fsp3) is 0.583. The zero-order valence-electron chi connectivity index (χ0n) is 10.4. The Balaban J connectivity index is 2.15. The van der Waals surface area contributed by atoms with Crippen LogP contribution in [0.15, 0.2) is 12.3 Å². The Labute approximate surface area is 101 Å². The molecule has 5 nitrogen and oxygen atoms in total. The fourth-order valence-electron chi connectivity index (χ4n) is 1.36. The molecule has 0 spiro atoms. The van der Waals surface area contributed by atoms with E-state index in [0.29, 0.717) is 17.4 Å². The molecular weight excluding hydrogens is 218 g/mol. The number of aromatic nitrogens is 2. The number of rotatable bonds is 3. The monoisotopic (exact) mass is 235 g/mol. The minimum atomic E-state index is -0.503. The van der Waals surface area contributed by atoms with Crippen LogP contribution < -0.4 is 5.32 Å². The minimum absolute atomic E-state index is 0.365. The quantitative estimate of drug-likeness (QED) is 0.812. The van der Waals surface area contributed by atoms with Crippen LogP contribution in [-0.4, -0.2) is 27.8 Å². The van der Waals surface area contributed by atoms with E-state index in [1.165, 1.54) is 6.20 Å². The molecule has 1 N–H and O–H groups in total. The highest BCUT2D eigenvalue weighted by Crippen LogP contribution is 2.25. The normalized spacial score (nSPS) is 15.5. The van der Waals surface area contributed by atoms with Gasteiger partial charge in [0.2, 0.25) is 0 Å². The SMILES string of the molecule is CC(C)(C)OC(=O)c1ccnnc1NC1CC1. The van der Waals surface area contributed by atoms with Gasteiger partial charge in [0.15, 0.2) is 5.82 Å². The molecule has 1 heterocycles. The third-order valence-electron chi connectivity index (χ3n) is 2.26. The molecule has 0 saturated heterocycles. The molecule has 2 rings (SSSR count). The summed E-state index contributed by atoms with van der Waals surface area (Å²) in [5.41, 5.74) is -0.0566. The number of carbonyl (C=O) groups excluding carboxylic acids is 1. The fourth-order valence-corrected chi connectivity index (χ4v) is 1.36. The number of anilines is 1. The molecule has 1 aliphatic rings. The van der Waals surface area contributed by atoms with Crippen LogP contribution in [0.4, 0.5) is 5.82 Å². The summed E-state index contributed by atoms with van der Waals surface area (Å²) in [5, 5.41) is 10.9. The number of carbonyl (C=O) groups is 1. The first-order chi connectivity index (χ1) is 7.96. The molecule has 0 aromatic carbocycles. The van der Waals surface area contributed by atoms with Crippen molar-refractivity contribution in [3.63, 3.8) is 0 Å². The molecule has 0 amide bonds. The van der Waals surface area contributed by atoms with E-state index in [1.807, 2.05) is 20.8 Å². The van der Waals surface area contributed by atoms with Gasteiger partial charge in [0.05, 0.1) is 6.20 Å². The largest absolute Gasteiger partial charge is 0.456 e. The van der Waals surface area contributed by atoms with Gasteiger partial charge in [-0.05, 0) is 39.7 Å². The molecule has 0 unspecified atom stereocenters. The van der Waals surface area contributed by atoms with Crippen molar-refractivity contribution in [2.24, 2.45) is 0 Å². The van der Waals surface area contributed by atoms with Crippen molar-refractivity contribution in [3.05, 3.63) is 17.8 Å². The van der Waals surface area contributed by atoms with Crippen LogP contribution in [0.1, 0.15) is 44.0 Å². The Kier molecular flexibility index (Phi) is 3.00. The molecule has 92 valence electrons. The molecule has 1 aliphatic carbocycles. The van der Waals surface area contributed by atoms with Crippen LogP contribution in [-0.2, 0) is 4.74 Å². The first kappa shape index (κ1) is 11.8. The summed E-state index contributed by atoms with van der Waals surface area (Å²) >= 11 is 0. The molecule has 1 fully saturated rings. The number of ether oxygens (including phenoxy) is 1. The maximum absolute atomic E-state index is 12.0. The van der Waals surface area contributed by atoms with Gasteiger partial charge in [0.25, 0.3) is 0 Å². The zero-order valence-corrected chi connectivity index (χ0v) is 10.4. The van der Waals surface area contributed by atoms with Gasteiger partial charge in [-0.3, -0.25) is 0 Å². The van der Waals surface area contributed by atoms with Crippen molar-refractivity contribution in [3.8, 4) is 0 Å². The summed E-state index contributed by atoms with van der Waals surface area (Å²) in [5.74, 6) is 0.153. The number of hydrogen-bond acceptors (Lipinski definition) is 5. The van der Waals surface area contributed by atoms with Gasteiger partial charge in [0, 0.05) is 6.04 Å². The maximum Gasteiger partial charge on any atom is 0.342 e. The Morgan fingerprint density at radius 1 is 1.47 bits per heavy atom. The van der Waals surface area contributed by atoms with Crippen molar-refractivity contribution in [2.75, 3.05) is 5.32 Å². The second-order valence-electron chi connectivity index (χ2n) is 5.21. The van der Waals surface area contributed by atoms with E-state index < -0.39 is 5.60 Å². The minimum Gasteiger partial charge on any atom is -0.456 e. The Morgan fingerprint density at radius 2 is 2.18 bits per heavy atom. The number of esters is 1. The van der Waals surface area contributed by atoms with Crippen LogP contribution in [0, 0.1) is 0 Å². The van der Waals surface area contributed by atoms with E-state index in [4.69, 9.17) is 4.74 Å². The van der Waals surface area contributed by atoms with Crippen LogP contribution in [0.3, 0.4) is 0 Å². The van der Waals surface area contributed by atoms with Crippen LogP contribution >= 0.6 is 0 Å². The Morgan fingerprint density at radius 3 is 2.76 bits per heavy atom. The second kappa shape index (κ2) is 4.31. The lowest BCUT2D eigenvalue weighted by atomic mass is 10.2. The first-order valence-corrected chi connectivity index (χ1v) is 5.77. The number of nitrogens with one attached hydrogen (secondary N) is 1. The molecule has 0 radical (unpaired) electrons. The lowest BCUT2D eigenvalue weighted by molar-refractivity contribution is 0.00701. The van der Waals surface area contributed by atoms with Gasteiger partial charge in [-0.15, -0.1) is 5.10 Å². The standard InChI is InChI=1S/C12H17N3O2/c1-12(2,3)17-11(16)9-6-7-13-15-10(9)14-8-4-5-8/h6-8H,4-5H2,1-3H3,(H,14,15). The number of hydrogen-bond donors (Lipinski definition) is 1. The molecular formula is C12H17N3O2. The van der Waals surface area contributed by atoms with Crippen molar-refractivity contribution >= 4 is 11.8 Å². The molecule has 0 aliphatic heterocycles. The molecule has 17 heavy (non-hydrogen) atoms. The van der Waals surface area contributed by atoms with Crippen molar-refractivity contribution in [1.82, 2.24) is 10.2 Å². The van der Waals surface area contributed by atoms with Crippen molar-refractivity contribution < 1.29 is 9.53 Å². The summed E-state index contributed by atoms with van der Waals surface area (Å²) in [7, 11) is 0. The van der Waals surface area contributed by atoms with E-state index in [1.54, 1.807) is 6.07 Å². The second-order valence-corrected chi connectivity index (χ2v) is 5.21. The summed E-state index contributed by atoms with van der Waals surface area (Å²) in [6.07, 6.45) is 3.73. The maximum atomic E-state index is 12.0. The summed E-state index contributed by atoms with van der Waals surface area (Å²) in [6, 6.07) is 2.05. The van der Waals surface area contributed by atoms with Gasteiger partial charge >= 0.3 is 5.97 Å². The summed E-state index contributed by atoms with van der Waals surface area (Å²) in [6.45, 7) is 5.52. The highest BCUT2D eigenvalue weighted by molar-refractivity contribution is 5.94. The molecule has 1 saturated carbocycles. The van der Waals surface area contributed by atoms with Crippen LogP contribution in [0.25, 0.3) is 0 Å². The van der Waals surface area contributed by atoms with Crippen molar-refractivity contribution in [1.29, 1.82) is 0 Å². The van der Waals surface area contributed by atoms with Crippen LogP contribution in [0.5, 0.6) is 0 Å². The molecule has 5 heteroatoms. The van der Waals surface area contributed by atoms with Crippen LogP contribution in [0.2, 0.25) is 0 Å². The van der Waals surface area contributed by atoms with E-state index in [9.17, 15) is 4.79 Å². The highest BCUT2D eigenvalue weighted by atomic mass is 16.6. The lowest BCUT2D eigenvalue weighted by Crippen LogP contribution is -2.25. The third-order valence-corrected chi connectivity index (χ3v) is 2.26. The zero-order chi connectivity index (χ0) is 12.5. The van der Waals surface area contributed by atoms with E-state index in [2.05, 4.69) is 15.5 Å². The van der Waals surface area contributed by atoms with Gasteiger partial charge in [0.1, 0.15) is 11.2 Å². The van der Waals surface area contributed by atoms with E-state index >= 15 is 0 Å².